The van der Waals surface area contributed by atoms with Crippen LogP contribution in [0.2, 0.25) is 0 Å². The molecule has 0 bridgehead atoms. The second kappa shape index (κ2) is 5.89. The maximum absolute atomic E-state index is 10.8. The molecule has 2 aromatic heterocycles. The summed E-state index contributed by atoms with van der Waals surface area (Å²) >= 11 is 1.51. The Morgan fingerprint density at radius 1 is 1.48 bits per heavy atom. The average molecular weight is 306 g/mol. The Kier molecular flexibility index (Phi) is 3.96. The Labute approximate surface area is 126 Å². The molecule has 3 rings (SSSR count). The van der Waals surface area contributed by atoms with Gasteiger partial charge in [-0.1, -0.05) is 6.92 Å². The molecule has 21 heavy (non-hydrogen) atoms. The lowest BCUT2D eigenvalue weighted by Gasteiger charge is -2.26. The third kappa shape index (κ3) is 3.10. The number of hydrogen-bond acceptors (Lipinski definition) is 4. The molecule has 0 amide bonds. The van der Waals surface area contributed by atoms with Gasteiger partial charge in [0.2, 0.25) is 5.88 Å². The van der Waals surface area contributed by atoms with Crippen LogP contribution in [-0.4, -0.2) is 26.6 Å². The van der Waals surface area contributed by atoms with Gasteiger partial charge >= 0.3 is 5.97 Å². The van der Waals surface area contributed by atoms with E-state index >= 15 is 0 Å². The minimum Gasteiger partial charge on any atom is -0.478 e. The van der Waals surface area contributed by atoms with Crippen LogP contribution >= 0.6 is 11.3 Å². The number of carboxylic acid groups (broad SMARTS) is 1. The minimum absolute atomic E-state index is 0.183. The Morgan fingerprint density at radius 2 is 2.24 bits per heavy atom. The van der Waals surface area contributed by atoms with Crippen LogP contribution in [0.4, 0.5) is 0 Å². The summed E-state index contributed by atoms with van der Waals surface area (Å²) in [5.74, 6) is 0.332. The summed E-state index contributed by atoms with van der Waals surface area (Å²) in [5.41, 5.74) is 0.701. The Bertz CT molecular complexity index is 666. The van der Waals surface area contributed by atoms with Gasteiger partial charge < -0.3 is 9.84 Å². The summed E-state index contributed by atoms with van der Waals surface area (Å²) in [5, 5.41) is 10.7. The van der Waals surface area contributed by atoms with E-state index in [0.29, 0.717) is 11.6 Å². The zero-order valence-corrected chi connectivity index (χ0v) is 12.7. The molecular weight excluding hydrogens is 288 g/mol. The molecule has 6 heteroatoms. The number of aliphatic carboxylic acids is 1. The molecule has 1 saturated carbocycles. The van der Waals surface area contributed by atoms with Crippen molar-refractivity contribution in [3.05, 3.63) is 23.3 Å². The van der Waals surface area contributed by atoms with Crippen LogP contribution < -0.4 is 4.74 Å². The van der Waals surface area contributed by atoms with E-state index in [1.807, 2.05) is 16.0 Å². The van der Waals surface area contributed by atoms with Crippen LogP contribution in [0.25, 0.3) is 11.0 Å². The number of carboxylic acids is 1. The molecular formula is C15H18N2O3S. The van der Waals surface area contributed by atoms with E-state index in [1.165, 1.54) is 24.2 Å². The Hall–Kier alpha value is -1.82. The lowest BCUT2D eigenvalue weighted by atomic mass is 9.89. The summed E-state index contributed by atoms with van der Waals surface area (Å²) < 4.78 is 7.91. The van der Waals surface area contributed by atoms with Crippen molar-refractivity contribution in [1.82, 2.24) is 9.38 Å². The molecule has 2 aromatic rings. The standard InChI is InChI=1S/C15H18N2O3S/c1-10-2-4-11(5-3-10)20-14-12(6-7-13(18)19)17-8-9-21-15(17)16-14/h6-11H,2-5H2,1H3,(H,18,19)/b7-6+. The molecule has 2 heterocycles. The molecule has 1 aliphatic rings. The molecule has 0 unspecified atom stereocenters. The molecule has 1 aliphatic carbocycles. The summed E-state index contributed by atoms with van der Waals surface area (Å²) in [6.45, 7) is 2.27. The van der Waals surface area contributed by atoms with Crippen molar-refractivity contribution in [3.63, 3.8) is 0 Å². The molecule has 0 aliphatic heterocycles. The fourth-order valence-electron chi connectivity index (χ4n) is 2.68. The monoisotopic (exact) mass is 306 g/mol. The molecule has 0 aromatic carbocycles. The third-order valence-electron chi connectivity index (χ3n) is 3.89. The van der Waals surface area contributed by atoms with Gasteiger partial charge in [0.1, 0.15) is 11.8 Å². The largest absolute Gasteiger partial charge is 0.478 e. The second-order valence-electron chi connectivity index (χ2n) is 5.53. The van der Waals surface area contributed by atoms with E-state index < -0.39 is 5.97 Å². The van der Waals surface area contributed by atoms with Gasteiger partial charge in [-0.15, -0.1) is 11.3 Å². The van der Waals surface area contributed by atoms with E-state index in [-0.39, 0.29) is 6.10 Å². The van der Waals surface area contributed by atoms with Gasteiger partial charge in [-0.25, -0.2) is 4.79 Å². The highest BCUT2D eigenvalue weighted by atomic mass is 32.1. The number of hydrogen-bond donors (Lipinski definition) is 1. The zero-order chi connectivity index (χ0) is 14.8. The smallest absolute Gasteiger partial charge is 0.328 e. The predicted molar refractivity (Wildman–Crippen MR) is 81.8 cm³/mol. The molecule has 1 N–H and O–H groups in total. The Morgan fingerprint density at radius 3 is 2.95 bits per heavy atom. The van der Waals surface area contributed by atoms with Crippen LogP contribution in [0.1, 0.15) is 38.3 Å². The molecule has 112 valence electrons. The minimum atomic E-state index is -0.974. The second-order valence-corrected chi connectivity index (χ2v) is 6.40. The van der Waals surface area contributed by atoms with Crippen molar-refractivity contribution in [1.29, 1.82) is 0 Å². The lowest BCUT2D eigenvalue weighted by Crippen LogP contribution is -2.23. The van der Waals surface area contributed by atoms with Gasteiger partial charge in [-0.2, -0.15) is 4.98 Å². The Balaban J connectivity index is 1.85. The first kappa shape index (κ1) is 14.1. The molecule has 5 nitrogen and oxygen atoms in total. The summed E-state index contributed by atoms with van der Waals surface area (Å²) in [7, 11) is 0. The number of thiazole rings is 1. The first-order valence-electron chi connectivity index (χ1n) is 7.16. The number of rotatable bonds is 4. The highest BCUT2D eigenvalue weighted by Crippen LogP contribution is 2.30. The van der Waals surface area contributed by atoms with Crippen molar-refractivity contribution < 1.29 is 14.6 Å². The van der Waals surface area contributed by atoms with Crippen LogP contribution in [0.5, 0.6) is 5.88 Å². The van der Waals surface area contributed by atoms with Crippen molar-refractivity contribution in [2.24, 2.45) is 5.92 Å². The predicted octanol–water partition coefficient (Wildman–Crippen LogP) is 3.45. The maximum atomic E-state index is 10.8. The van der Waals surface area contributed by atoms with Crippen molar-refractivity contribution >= 4 is 28.3 Å². The summed E-state index contributed by atoms with van der Waals surface area (Å²) in [4.78, 5) is 16.0. The van der Waals surface area contributed by atoms with Gasteiger partial charge in [0.05, 0.1) is 0 Å². The third-order valence-corrected chi connectivity index (χ3v) is 4.65. The number of aromatic nitrogens is 2. The van der Waals surface area contributed by atoms with Crippen molar-refractivity contribution in [3.8, 4) is 5.88 Å². The van der Waals surface area contributed by atoms with E-state index in [0.717, 1.165) is 29.8 Å². The van der Waals surface area contributed by atoms with E-state index in [9.17, 15) is 4.79 Å². The average Bonchev–Trinajstić information content (AvgIpc) is 3.00. The van der Waals surface area contributed by atoms with E-state index in [1.54, 1.807) is 6.08 Å². The quantitative estimate of drug-likeness (QED) is 0.879. The number of carbonyl (C=O) groups is 1. The topological polar surface area (TPSA) is 63.8 Å². The molecule has 1 fully saturated rings. The van der Waals surface area contributed by atoms with Crippen LogP contribution in [0.15, 0.2) is 17.7 Å². The van der Waals surface area contributed by atoms with Crippen molar-refractivity contribution in [2.75, 3.05) is 0 Å². The summed E-state index contributed by atoms with van der Waals surface area (Å²) in [6, 6.07) is 0. The van der Waals surface area contributed by atoms with Gasteiger partial charge in [-0.3, -0.25) is 4.40 Å². The van der Waals surface area contributed by atoms with Gasteiger partial charge in [0.25, 0.3) is 0 Å². The van der Waals surface area contributed by atoms with Gasteiger partial charge in [0.15, 0.2) is 4.96 Å². The van der Waals surface area contributed by atoms with E-state index in [2.05, 4.69) is 11.9 Å². The van der Waals surface area contributed by atoms with Crippen molar-refractivity contribution in [2.45, 2.75) is 38.7 Å². The molecule has 0 atom stereocenters. The van der Waals surface area contributed by atoms with Crippen LogP contribution in [0.3, 0.4) is 0 Å². The fraction of sp³-hybridized carbons (Fsp3) is 0.467. The number of ether oxygens (including phenoxy) is 1. The zero-order valence-electron chi connectivity index (χ0n) is 11.9. The lowest BCUT2D eigenvalue weighted by molar-refractivity contribution is -0.131. The number of imidazole rings is 1. The molecule has 0 saturated heterocycles. The first-order chi connectivity index (χ1) is 10.1. The SMILES string of the molecule is CC1CCC(Oc2nc3sccn3c2/C=C/C(=O)O)CC1. The maximum Gasteiger partial charge on any atom is 0.328 e. The van der Waals surface area contributed by atoms with Crippen LogP contribution in [-0.2, 0) is 4.79 Å². The summed E-state index contributed by atoms with van der Waals surface area (Å²) in [6.07, 6.45) is 9.16. The van der Waals surface area contributed by atoms with Gasteiger partial charge in [0, 0.05) is 17.7 Å². The molecule has 0 radical (unpaired) electrons. The molecule has 0 spiro atoms. The first-order valence-corrected chi connectivity index (χ1v) is 8.04. The van der Waals surface area contributed by atoms with Crippen LogP contribution in [0, 0.1) is 5.92 Å². The fourth-order valence-corrected chi connectivity index (χ4v) is 3.39. The highest BCUT2D eigenvalue weighted by molar-refractivity contribution is 7.15. The number of nitrogens with zero attached hydrogens (tertiary/aromatic N) is 2. The normalized spacial score (nSPS) is 22.9. The van der Waals surface area contributed by atoms with E-state index in [4.69, 9.17) is 9.84 Å². The highest BCUT2D eigenvalue weighted by Gasteiger charge is 2.22. The van der Waals surface area contributed by atoms with Gasteiger partial charge in [-0.05, 0) is 37.7 Å². The number of fused-ring (bicyclic) bond motifs is 1.